The van der Waals surface area contributed by atoms with Gasteiger partial charge in [-0.2, -0.15) is 18.4 Å². The van der Waals surface area contributed by atoms with Crippen LogP contribution in [0.3, 0.4) is 0 Å². The van der Waals surface area contributed by atoms with Gasteiger partial charge in [-0.25, -0.2) is 0 Å². The predicted molar refractivity (Wildman–Crippen MR) is 88.8 cm³/mol. The number of carbonyl (C=O) groups excluding carboxylic acids is 1. The molecule has 25 heavy (non-hydrogen) atoms. The Balaban J connectivity index is 2.13. The summed E-state index contributed by atoms with van der Waals surface area (Å²) in [5.74, 6) is -0.837. The van der Waals surface area contributed by atoms with Crippen LogP contribution in [-0.4, -0.2) is 5.91 Å². The summed E-state index contributed by atoms with van der Waals surface area (Å²) in [6.07, 6.45) is -3.38. The Labute approximate surface area is 146 Å². The molecule has 4 nitrogen and oxygen atoms in total. The molecule has 0 atom stereocenters. The van der Waals surface area contributed by atoms with Crippen molar-refractivity contribution < 1.29 is 18.0 Å². The molecule has 0 bridgehead atoms. The maximum absolute atomic E-state index is 12.7. The van der Waals surface area contributed by atoms with E-state index in [9.17, 15) is 18.0 Å². The van der Waals surface area contributed by atoms with E-state index < -0.39 is 17.6 Å². The van der Waals surface area contributed by atoms with Gasteiger partial charge in [0.15, 0.2) is 0 Å². The second-order valence-corrected chi connectivity index (χ2v) is 5.29. The number of amides is 1. The van der Waals surface area contributed by atoms with Crippen LogP contribution in [0.2, 0.25) is 5.02 Å². The van der Waals surface area contributed by atoms with Gasteiger partial charge in [0.25, 0.3) is 5.91 Å². The van der Waals surface area contributed by atoms with Crippen molar-refractivity contribution >= 4 is 28.9 Å². The van der Waals surface area contributed by atoms with Crippen LogP contribution in [-0.2, 0) is 11.0 Å². The lowest BCUT2D eigenvalue weighted by Gasteiger charge is -2.09. The second-order valence-electron chi connectivity index (χ2n) is 4.86. The minimum atomic E-state index is -4.53. The van der Waals surface area contributed by atoms with E-state index in [0.717, 1.165) is 18.3 Å². The van der Waals surface area contributed by atoms with Crippen molar-refractivity contribution in [1.82, 2.24) is 0 Å². The predicted octanol–water partition coefficient (Wildman–Crippen LogP) is 4.82. The molecule has 2 N–H and O–H groups in total. The third-order valence-electron chi connectivity index (χ3n) is 3.02. The zero-order chi connectivity index (χ0) is 18.4. The van der Waals surface area contributed by atoms with Gasteiger partial charge >= 0.3 is 6.18 Å². The number of anilines is 2. The van der Waals surface area contributed by atoms with Crippen LogP contribution >= 0.6 is 11.6 Å². The lowest BCUT2D eigenvalue weighted by Crippen LogP contribution is -2.15. The molecular weight excluding hydrogens is 355 g/mol. The fourth-order valence-corrected chi connectivity index (χ4v) is 2.04. The van der Waals surface area contributed by atoms with E-state index in [1.165, 1.54) is 12.1 Å². The van der Waals surface area contributed by atoms with Gasteiger partial charge < -0.3 is 10.6 Å². The van der Waals surface area contributed by atoms with E-state index in [-0.39, 0.29) is 11.3 Å². The Hall–Kier alpha value is -2.98. The maximum Gasteiger partial charge on any atom is 0.416 e. The Morgan fingerprint density at radius 2 is 1.80 bits per heavy atom. The molecule has 0 spiro atoms. The summed E-state index contributed by atoms with van der Waals surface area (Å²) in [4.78, 5) is 12.0. The van der Waals surface area contributed by atoms with Gasteiger partial charge in [0.1, 0.15) is 11.6 Å². The third-order valence-corrected chi connectivity index (χ3v) is 3.26. The summed E-state index contributed by atoms with van der Waals surface area (Å²) >= 11 is 5.82. The molecule has 0 saturated heterocycles. The summed E-state index contributed by atoms with van der Waals surface area (Å²) < 4.78 is 38.0. The fraction of sp³-hybridized carbons (Fsp3) is 0.0588. The first kappa shape index (κ1) is 18.4. The molecule has 128 valence electrons. The Kier molecular flexibility index (Phi) is 5.67. The van der Waals surface area contributed by atoms with Crippen molar-refractivity contribution in [2.75, 3.05) is 10.6 Å². The molecular formula is C17H11ClF3N3O. The summed E-state index contributed by atoms with van der Waals surface area (Å²) in [5.41, 5.74) is -0.724. The van der Waals surface area contributed by atoms with Crippen molar-refractivity contribution in [1.29, 1.82) is 5.26 Å². The molecule has 0 aliphatic heterocycles. The molecule has 2 aromatic rings. The number of benzene rings is 2. The van der Waals surface area contributed by atoms with Crippen LogP contribution in [0.15, 0.2) is 60.3 Å². The average molecular weight is 366 g/mol. The van der Waals surface area contributed by atoms with Crippen LogP contribution in [0, 0.1) is 11.3 Å². The van der Waals surface area contributed by atoms with Gasteiger partial charge in [0, 0.05) is 22.6 Å². The second kappa shape index (κ2) is 7.73. The zero-order valence-corrected chi connectivity index (χ0v) is 13.3. The highest BCUT2D eigenvalue weighted by atomic mass is 35.5. The smallest absolute Gasteiger partial charge is 0.360 e. The van der Waals surface area contributed by atoms with Crippen molar-refractivity contribution in [3.63, 3.8) is 0 Å². The molecule has 0 heterocycles. The number of rotatable bonds is 4. The van der Waals surface area contributed by atoms with Gasteiger partial charge in [0.2, 0.25) is 0 Å². The first-order chi connectivity index (χ1) is 11.8. The lowest BCUT2D eigenvalue weighted by molar-refractivity contribution is -0.137. The Morgan fingerprint density at radius 3 is 2.44 bits per heavy atom. The number of nitrogens with zero attached hydrogens (tertiary/aromatic N) is 1. The Morgan fingerprint density at radius 1 is 1.12 bits per heavy atom. The number of carbonyl (C=O) groups is 1. The molecule has 0 saturated carbocycles. The number of alkyl halides is 3. The monoisotopic (exact) mass is 365 g/mol. The molecule has 0 unspecified atom stereocenters. The summed E-state index contributed by atoms with van der Waals surface area (Å²) in [7, 11) is 0. The van der Waals surface area contributed by atoms with E-state index in [0.29, 0.717) is 10.7 Å². The van der Waals surface area contributed by atoms with Crippen LogP contribution < -0.4 is 10.6 Å². The standard InChI is InChI=1S/C17H11ClF3N3O/c18-13-4-2-5-14(8-13)23-10-11(9-22)16(25)24-15-6-1-3-12(7-15)17(19,20)21/h1-8,10,23H,(H,24,25)/b11-10-. The number of hydrogen-bond donors (Lipinski definition) is 2. The molecule has 2 rings (SSSR count). The normalized spacial score (nSPS) is 11.6. The molecule has 0 aromatic heterocycles. The van der Waals surface area contributed by atoms with Crippen LogP contribution in [0.5, 0.6) is 0 Å². The topological polar surface area (TPSA) is 64.9 Å². The first-order valence-electron chi connectivity index (χ1n) is 6.90. The summed E-state index contributed by atoms with van der Waals surface area (Å²) in [6.45, 7) is 0. The van der Waals surface area contributed by atoms with Gasteiger partial charge in [-0.15, -0.1) is 0 Å². The number of hydrogen-bond acceptors (Lipinski definition) is 3. The van der Waals surface area contributed by atoms with Crippen LogP contribution in [0.25, 0.3) is 0 Å². The number of halogens is 4. The molecule has 0 fully saturated rings. The summed E-state index contributed by atoms with van der Waals surface area (Å²) in [5, 5.41) is 14.5. The van der Waals surface area contributed by atoms with Crippen LogP contribution in [0.4, 0.5) is 24.5 Å². The molecule has 0 aliphatic carbocycles. The van der Waals surface area contributed by atoms with Gasteiger partial charge in [-0.3, -0.25) is 4.79 Å². The first-order valence-corrected chi connectivity index (χ1v) is 7.28. The Bertz CT molecular complexity index is 857. The average Bonchev–Trinajstić information content (AvgIpc) is 2.55. The molecule has 0 radical (unpaired) electrons. The van der Waals surface area contributed by atoms with E-state index in [1.54, 1.807) is 30.3 Å². The van der Waals surface area contributed by atoms with Crippen LogP contribution in [0.1, 0.15) is 5.56 Å². The molecule has 0 aliphatic rings. The minimum absolute atomic E-state index is 0.0660. The van der Waals surface area contributed by atoms with Crippen molar-refractivity contribution in [2.45, 2.75) is 6.18 Å². The van der Waals surface area contributed by atoms with Gasteiger partial charge in [-0.05, 0) is 36.4 Å². The summed E-state index contributed by atoms with van der Waals surface area (Å²) in [6, 6.07) is 12.4. The van der Waals surface area contributed by atoms with E-state index in [2.05, 4.69) is 10.6 Å². The van der Waals surface area contributed by atoms with Crippen molar-refractivity contribution in [2.24, 2.45) is 0 Å². The maximum atomic E-state index is 12.7. The highest BCUT2D eigenvalue weighted by molar-refractivity contribution is 6.30. The minimum Gasteiger partial charge on any atom is -0.360 e. The highest BCUT2D eigenvalue weighted by Crippen LogP contribution is 2.30. The molecule has 8 heteroatoms. The lowest BCUT2D eigenvalue weighted by atomic mass is 10.2. The largest absolute Gasteiger partial charge is 0.416 e. The van der Waals surface area contributed by atoms with Crippen molar-refractivity contribution in [3.05, 3.63) is 70.9 Å². The quantitative estimate of drug-likeness (QED) is 0.603. The fourth-order valence-electron chi connectivity index (χ4n) is 1.85. The molecule has 2 aromatic carbocycles. The SMILES string of the molecule is N#C/C(=C/Nc1cccc(Cl)c1)C(=O)Nc1cccc(C(F)(F)F)c1. The van der Waals surface area contributed by atoms with Gasteiger partial charge in [-0.1, -0.05) is 23.7 Å². The van der Waals surface area contributed by atoms with E-state index in [1.807, 2.05) is 0 Å². The highest BCUT2D eigenvalue weighted by Gasteiger charge is 2.30. The van der Waals surface area contributed by atoms with E-state index in [4.69, 9.17) is 16.9 Å². The van der Waals surface area contributed by atoms with E-state index >= 15 is 0 Å². The molecule has 1 amide bonds. The van der Waals surface area contributed by atoms with Gasteiger partial charge in [0.05, 0.1) is 5.56 Å². The number of nitriles is 1. The zero-order valence-electron chi connectivity index (χ0n) is 12.6. The third kappa shape index (κ3) is 5.26. The van der Waals surface area contributed by atoms with Crippen molar-refractivity contribution in [3.8, 4) is 6.07 Å². The number of nitrogens with one attached hydrogen (secondary N) is 2.